The normalized spacial score (nSPS) is 12.9. The summed E-state index contributed by atoms with van der Waals surface area (Å²) in [4.78, 5) is 11.0. The molecule has 4 nitrogen and oxygen atoms in total. The fraction of sp³-hybridized carbons (Fsp3) is 0.133. The molecule has 0 aliphatic carbocycles. The van der Waals surface area contributed by atoms with Crippen molar-refractivity contribution in [1.82, 2.24) is 0 Å². The third kappa shape index (κ3) is 3.74. The predicted molar refractivity (Wildman–Crippen MR) is 74.7 cm³/mol. The summed E-state index contributed by atoms with van der Waals surface area (Å²) in [7, 11) is -4.07. The molecule has 0 saturated heterocycles. The van der Waals surface area contributed by atoms with Crippen LogP contribution < -0.4 is 0 Å². The van der Waals surface area contributed by atoms with E-state index in [9.17, 15) is 17.6 Å². The third-order valence-electron chi connectivity index (χ3n) is 2.86. The smallest absolute Gasteiger partial charge is 0.297 e. The largest absolute Gasteiger partial charge is 0.300 e. The first-order chi connectivity index (χ1) is 9.92. The van der Waals surface area contributed by atoms with Gasteiger partial charge in [0.05, 0.1) is 4.90 Å². The number of hydrogen-bond acceptors (Lipinski definition) is 4. The molecule has 0 aliphatic rings. The van der Waals surface area contributed by atoms with Gasteiger partial charge in [-0.1, -0.05) is 29.8 Å². The molecule has 0 heterocycles. The molecule has 0 amide bonds. The molecule has 1 atom stereocenters. The van der Waals surface area contributed by atoms with E-state index < -0.39 is 22.0 Å². The Morgan fingerprint density at radius 3 is 2.14 bits per heavy atom. The van der Waals surface area contributed by atoms with E-state index >= 15 is 0 Å². The Morgan fingerprint density at radius 1 is 1.05 bits per heavy atom. The minimum absolute atomic E-state index is 0.0398. The standard InChI is InChI=1S/C15H13FO4S/c1-11-2-8-14(9-3-11)21(18,19)20-15(10-17)12-4-6-13(16)7-5-12/h2-10,15H,1H3. The first-order valence-electron chi connectivity index (χ1n) is 6.13. The van der Waals surface area contributed by atoms with Crippen molar-refractivity contribution >= 4 is 16.4 Å². The van der Waals surface area contributed by atoms with Crippen LogP contribution in [0.3, 0.4) is 0 Å². The maximum atomic E-state index is 12.8. The van der Waals surface area contributed by atoms with E-state index in [0.717, 1.165) is 17.7 Å². The molecule has 0 fully saturated rings. The van der Waals surface area contributed by atoms with E-state index in [1.54, 1.807) is 12.1 Å². The lowest BCUT2D eigenvalue weighted by atomic mass is 10.1. The van der Waals surface area contributed by atoms with Crippen LogP contribution in [0.15, 0.2) is 53.4 Å². The van der Waals surface area contributed by atoms with Crippen molar-refractivity contribution in [3.63, 3.8) is 0 Å². The number of halogens is 1. The molecular formula is C15H13FO4S. The van der Waals surface area contributed by atoms with Crippen molar-refractivity contribution in [2.24, 2.45) is 0 Å². The maximum Gasteiger partial charge on any atom is 0.297 e. The van der Waals surface area contributed by atoms with Gasteiger partial charge in [0, 0.05) is 0 Å². The first kappa shape index (κ1) is 15.3. The molecule has 2 rings (SSSR count). The minimum atomic E-state index is -4.07. The van der Waals surface area contributed by atoms with E-state index in [1.165, 1.54) is 24.3 Å². The second-order valence-corrected chi connectivity index (χ2v) is 6.04. The molecule has 0 aliphatic heterocycles. The molecule has 0 radical (unpaired) electrons. The van der Waals surface area contributed by atoms with E-state index in [4.69, 9.17) is 4.18 Å². The summed E-state index contributed by atoms with van der Waals surface area (Å²) in [5, 5.41) is 0. The molecule has 21 heavy (non-hydrogen) atoms. The van der Waals surface area contributed by atoms with Gasteiger partial charge in [-0.2, -0.15) is 8.42 Å². The SMILES string of the molecule is Cc1ccc(S(=O)(=O)OC(C=O)c2ccc(F)cc2)cc1. The fourth-order valence-electron chi connectivity index (χ4n) is 1.71. The lowest BCUT2D eigenvalue weighted by Gasteiger charge is -2.12. The first-order valence-corrected chi connectivity index (χ1v) is 7.54. The highest BCUT2D eigenvalue weighted by Crippen LogP contribution is 2.22. The van der Waals surface area contributed by atoms with Crippen LogP contribution in [0.5, 0.6) is 0 Å². The lowest BCUT2D eigenvalue weighted by molar-refractivity contribution is -0.113. The van der Waals surface area contributed by atoms with Gasteiger partial charge in [0.15, 0.2) is 12.4 Å². The van der Waals surface area contributed by atoms with Gasteiger partial charge < -0.3 is 4.79 Å². The molecule has 0 spiro atoms. The molecule has 2 aromatic carbocycles. The summed E-state index contributed by atoms with van der Waals surface area (Å²) in [6, 6.07) is 10.9. The molecule has 110 valence electrons. The Balaban J connectivity index is 2.27. The van der Waals surface area contributed by atoms with Gasteiger partial charge >= 0.3 is 0 Å². The van der Waals surface area contributed by atoms with Crippen molar-refractivity contribution in [3.05, 3.63) is 65.5 Å². The zero-order valence-corrected chi connectivity index (χ0v) is 12.0. The van der Waals surface area contributed by atoms with Crippen LogP contribution in [0.25, 0.3) is 0 Å². The van der Waals surface area contributed by atoms with Crippen LogP contribution in [0.2, 0.25) is 0 Å². The lowest BCUT2D eigenvalue weighted by Crippen LogP contribution is -2.13. The quantitative estimate of drug-likeness (QED) is 0.629. The Hall–Kier alpha value is -2.05. The number of hydrogen-bond donors (Lipinski definition) is 0. The van der Waals surface area contributed by atoms with Crippen LogP contribution in [0, 0.1) is 12.7 Å². The van der Waals surface area contributed by atoms with Crippen LogP contribution in [-0.2, 0) is 19.1 Å². The number of rotatable bonds is 5. The molecule has 6 heteroatoms. The van der Waals surface area contributed by atoms with Crippen molar-refractivity contribution in [2.75, 3.05) is 0 Å². The van der Waals surface area contributed by atoms with E-state index in [1.807, 2.05) is 6.92 Å². The van der Waals surface area contributed by atoms with Gasteiger partial charge in [-0.3, -0.25) is 4.18 Å². The van der Waals surface area contributed by atoms with Gasteiger partial charge in [0.25, 0.3) is 10.1 Å². The Bertz CT molecular complexity index is 721. The highest BCUT2D eigenvalue weighted by atomic mass is 32.2. The summed E-state index contributed by atoms with van der Waals surface area (Å²) >= 11 is 0. The zero-order valence-electron chi connectivity index (χ0n) is 11.2. The van der Waals surface area contributed by atoms with Crippen LogP contribution in [0.1, 0.15) is 17.2 Å². The Labute approximate surface area is 122 Å². The number of carbonyl (C=O) groups excluding carboxylic acids is 1. The zero-order chi connectivity index (χ0) is 15.5. The van der Waals surface area contributed by atoms with Gasteiger partial charge in [0.1, 0.15) is 5.82 Å². The topological polar surface area (TPSA) is 60.4 Å². The molecule has 0 saturated carbocycles. The third-order valence-corrected chi connectivity index (χ3v) is 4.17. The molecule has 1 unspecified atom stereocenters. The van der Waals surface area contributed by atoms with Crippen LogP contribution in [0.4, 0.5) is 4.39 Å². The van der Waals surface area contributed by atoms with Crippen molar-refractivity contribution in [3.8, 4) is 0 Å². The summed E-state index contributed by atoms with van der Waals surface area (Å²) in [6.45, 7) is 1.82. The molecular weight excluding hydrogens is 295 g/mol. The number of aldehydes is 1. The maximum absolute atomic E-state index is 12.8. The average molecular weight is 308 g/mol. The predicted octanol–water partition coefficient (Wildman–Crippen LogP) is 2.78. The van der Waals surface area contributed by atoms with Crippen molar-refractivity contribution < 1.29 is 21.8 Å². The summed E-state index contributed by atoms with van der Waals surface area (Å²) < 4.78 is 42.0. The summed E-state index contributed by atoms with van der Waals surface area (Å²) in [5.74, 6) is -0.482. The highest BCUT2D eigenvalue weighted by Gasteiger charge is 2.22. The highest BCUT2D eigenvalue weighted by molar-refractivity contribution is 7.86. The summed E-state index contributed by atoms with van der Waals surface area (Å²) in [5.41, 5.74) is 1.17. The fourth-order valence-corrected chi connectivity index (χ4v) is 2.72. The average Bonchev–Trinajstić information content (AvgIpc) is 2.46. The number of benzene rings is 2. The second-order valence-electron chi connectivity index (χ2n) is 4.47. The molecule has 0 aromatic heterocycles. The van der Waals surface area contributed by atoms with Gasteiger partial charge in [0.2, 0.25) is 0 Å². The molecule has 0 bridgehead atoms. The van der Waals surface area contributed by atoms with Gasteiger partial charge in [-0.05, 0) is 36.8 Å². The van der Waals surface area contributed by atoms with Crippen molar-refractivity contribution in [1.29, 1.82) is 0 Å². The molecule has 0 N–H and O–H groups in total. The Morgan fingerprint density at radius 2 is 1.62 bits per heavy atom. The number of carbonyl (C=O) groups is 1. The van der Waals surface area contributed by atoms with E-state index in [0.29, 0.717) is 6.29 Å². The van der Waals surface area contributed by atoms with Crippen molar-refractivity contribution in [2.45, 2.75) is 17.9 Å². The summed E-state index contributed by atoms with van der Waals surface area (Å²) in [6.07, 6.45) is -0.948. The van der Waals surface area contributed by atoms with Gasteiger partial charge in [-0.25, -0.2) is 4.39 Å². The minimum Gasteiger partial charge on any atom is -0.300 e. The Kier molecular flexibility index (Phi) is 4.50. The van der Waals surface area contributed by atoms with E-state index in [-0.39, 0.29) is 10.5 Å². The van der Waals surface area contributed by atoms with Gasteiger partial charge in [-0.15, -0.1) is 0 Å². The molecule has 2 aromatic rings. The second kappa shape index (κ2) is 6.15. The number of aryl methyl sites for hydroxylation is 1. The van der Waals surface area contributed by atoms with Crippen LogP contribution >= 0.6 is 0 Å². The van der Waals surface area contributed by atoms with E-state index in [2.05, 4.69) is 0 Å². The monoisotopic (exact) mass is 308 g/mol. The van der Waals surface area contributed by atoms with Crippen LogP contribution in [-0.4, -0.2) is 14.7 Å².